The third-order valence-corrected chi connectivity index (χ3v) is 2.97. The van der Waals surface area contributed by atoms with Crippen molar-refractivity contribution in [2.75, 3.05) is 18.5 Å². The molecule has 0 aliphatic heterocycles. The Labute approximate surface area is 111 Å². The van der Waals surface area contributed by atoms with Crippen molar-refractivity contribution in [1.29, 1.82) is 0 Å². The zero-order chi connectivity index (χ0) is 14.6. The molecule has 1 aromatic rings. The minimum Gasteiger partial charge on any atom is -0.477 e. The first-order chi connectivity index (χ1) is 8.86. The molecule has 1 atom stereocenters. The summed E-state index contributed by atoms with van der Waals surface area (Å²) >= 11 is 0. The summed E-state index contributed by atoms with van der Waals surface area (Å²) in [6, 6.07) is 1.24. The highest BCUT2D eigenvalue weighted by Crippen LogP contribution is 2.22. The van der Waals surface area contributed by atoms with Crippen LogP contribution in [0.15, 0.2) is 12.3 Å². The van der Waals surface area contributed by atoms with E-state index in [1.807, 2.05) is 0 Å². The summed E-state index contributed by atoms with van der Waals surface area (Å²) in [5.41, 5.74) is -0.834. The first-order valence-corrected chi connectivity index (χ1v) is 5.95. The number of aromatic carboxylic acids is 1. The molecule has 1 N–H and O–H groups in total. The van der Waals surface area contributed by atoms with Gasteiger partial charge in [-0.2, -0.15) is 0 Å². The van der Waals surface area contributed by atoms with Gasteiger partial charge in [-0.05, 0) is 5.92 Å². The van der Waals surface area contributed by atoms with E-state index in [1.165, 1.54) is 6.07 Å². The first kappa shape index (κ1) is 14.9. The van der Waals surface area contributed by atoms with E-state index in [9.17, 15) is 14.9 Å². The molecule has 0 radical (unpaired) electrons. The van der Waals surface area contributed by atoms with E-state index in [1.54, 1.807) is 11.9 Å². The number of nitrogens with zero attached hydrogens (tertiary/aromatic N) is 3. The number of rotatable bonds is 6. The van der Waals surface area contributed by atoms with Gasteiger partial charge in [0.05, 0.1) is 4.92 Å². The summed E-state index contributed by atoms with van der Waals surface area (Å²) in [4.78, 5) is 26.8. The van der Waals surface area contributed by atoms with Crippen LogP contribution in [0, 0.1) is 16.0 Å². The zero-order valence-electron chi connectivity index (χ0n) is 11.2. The van der Waals surface area contributed by atoms with Gasteiger partial charge in [-0.3, -0.25) is 10.1 Å². The summed E-state index contributed by atoms with van der Waals surface area (Å²) < 4.78 is 0. The van der Waals surface area contributed by atoms with Gasteiger partial charge in [0, 0.05) is 19.7 Å². The SMILES string of the molecule is CCC(C)CN(C)c1cc(C(=O)O)c([N+](=O)[O-])cn1. The van der Waals surface area contributed by atoms with Crippen molar-refractivity contribution in [2.45, 2.75) is 20.3 Å². The lowest BCUT2D eigenvalue weighted by Gasteiger charge is -2.21. The van der Waals surface area contributed by atoms with Gasteiger partial charge in [0.1, 0.15) is 17.6 Å². The molecule has 0 spiro atoms. The van der Waals surface area contributed by atoms with Crippen LogP contribution < -0.4 is 4.90 Å². The normalized spacial score (nSPS) is 11.9. The Kier molecular flexibility index (Phi) is 4.80. The molecule has 104 valence electrons. The summed E-state index contributed by atoms with van der Waals surface area (Å²) in [7, 11) is 1.78. The molecule has 0 saturated carbocycles. The third kappa shape index (κ3) is 3.64. The Bertz CT molecular complexity index is 490. The van der Waals surface area contributed by atoms with Crippen molar-refractivity contribution in [1.82, 2.24) is 4.98 Å². The summed E-state index contributed by atoms with van der Waals surface area (Å²) in [6.07, 6.45) is 1.98. The monoisotopic (exact) mass is 267 g/mol. The van der Waals surface area contributed by atoms with E-state index >= 15 is 0 Å². The second kappa shape index (κ2) is 6.12. The van der Waals surface area contributed by atoms with Crippen LogP contribution in [0.4, 0.5) is 11.5 Å². The standard InChI is InChI=1S/C12H17N3O4/c1-4-8(2)7-14(3)11-5-9(12(16)17)10(6-13-11)15(18)19/h5-6,8H,4,7H2,1-3H3,(H,16,17). The van der Waals surface area contributed by atoms with Gasteiger partial charge in [-0.1, -0.05) is 20.3 Å². The van der Waals surface area contributed by atoms with Crippen molar-refractivity contribution in [3.8, 4) is 0 Å². The molecule has 1 rings (SSSR count). The van der Waals surface area contributed by atoms with Crippen molar-refractivity contribution >= 4 is 17.5 Å². The lowest BCUT2D eigenvalue weighted by molar-refractivity contribution is -0.385. The van der Waals surface area contributed by atoms with Gasteiger partial charge in [0.25, 0.3) is 0 Å². The van der Waals surface area contributed by atoms with E-state index in [2.05, 4.69) is 18.8 Å². The molecule has 0 amide bonds. The summed E-state index contributed by atoms with van der Waals surface area (Å²) in [6.45, 7) is 4.84. The molecule has 19 heavy (non-hydrogen) atoms. The summed E-state index contributed by atoms with van der Waals surface area (Å²) in [5.74, 6) is -0.481. The average Bonchev–Trinajstić information content (AvgIpc) is 2.37. The smallest absolute Gasteiger partial charge is 0.342 e. The predicted molar refractivity (Wildman–Crippen MR) is 70.6 cm³/mol. The van der Waals surface area contributed by atoms with Crippen LogP contribution in [0.3, 0.4) is 0 Å². The van der Waals surface area contributed by atoms with Gasteiger partial charge in [0.15, 0.2) is 0 Å². The van der Waals surface area contributed by atoms with E-state index in [4.69, 9.17) is 5.11 Å². The second-order valence-electron chi connectivity index (χ2n) is 4.52. The summed E-state index contributed by atoms with van der Waals surface area (Å²) in [5, 5.41) is 19.7. The highest BCUT2D eigenvalue weighted by molar-refractivity contribution is 5.93. The first-order valence-electron chi connectivity index (χ1n) is 5.95. The number of aromatic nitrogens is 1. The van der Waals surface area contributed by atoms with E-state index in [0.717, 1.165) is 12.6 Å². The molecule has 1 aromatic heterocycles. The highest BCUT2D eigenvalue weighted by Gasteiger charge is 2.22. The molecular formula is C12H17N3O4. The van der Waals surface area contributed by atoms with Crippen LogP contribution in [0.2, 0.25) is 0 Å². The number of nitro groups is 1. The Morgan fingerprint density at radius 1 is 1.63 bits per heavy atom. The van der Waals surface area contributed by atoms with Crippen molar-refractivity contribution in [3.63, 3.8) is 0 Å². The maximum absolute atomic E-state index is 11.0. The van der Waals surface area contributed by atoms with Gasteiger partial charge >= 0.3 is 11.7 Å². The van der Waals surface area contributed by atoms with Crippen molar-refractivity contribution < 1.29 is 14.8 Å². The molecule has 7 nitrogen and oxygen atoms in total. The number of carboxylic acids is 1. The van der Waals surface area contributed by atoms with Crippen LogP contribution in [0.25, 0.3) is 0 Å². The molecule has 0 bridgehead atoms. The lowest BCUT2D eigenvalue weighted by atomic mass is 10.1. The third-order valence-electron chi connectivity index (χ3n) is 2.97. The number of carboxylic acid groups (broad SMARTS) is 1. The Morgan fingerprint density at radius 2 is 2.26 bits per heavy atom. The zero-order valence-corrected chi connectivity index (χ0v) is 11.2. The average molecular weight is 267 g/mol. The molecule has 0 aliphatic carbocycles. The Morgan fingerprint density at radius 3 is 2.74 bits per heavy atom. The molecule has 1 unspecified atom stereocenters. The van der Waals surface area contributed by atoms with Gasteiger partial charge < -0.3 is 10.0 Å². The predicted octanol–water partition coefficient (Wildman–Crippen LogP) is 2.17. The largest absolute Gasteiger partial charge is 0.477 e. The van der Waals surface area contributed by atoms with Crippen molar-refractivity contribution in [2.24, 2.45) is 5.92 Å². The molecule has 0 saturated heterocycles. The Balaban J connectivity index is 3.08. The lowest BCUT2D eigenvalue weighted by Crippen LogP contribution is -2.25. The molecule has 0 aliphatic rings. The number of anilines is 1. The van der Waals surface area contributed by atoms with Crippen LogP contribution in [0.1, 0.15) is 30.6 Å². The molecule has 1 heterocycles. The van der Waals surface area contributed by atoms with Crippen LogP contribution >= 0.6 is 0 Å². The molecule has 0 aromatic carbocycles. The van der Waals surface area contributed by atoms with Crippen molar-refractivity contribution in [3.05, 3.63) is 27.9 Å². The Hall–Kier alpha value is -2.18. The maximum atomic E-state index is 11.0. The minimum atomic E-state index is -1.33. The van der Waals surface area contributed by atoms with E-state index in [-0.39, 0.29) is 5.56 Å². The maximum Gasteiger partial charge on any atom is 0.342 e. The second-order valence-corrected chi connectivity index (χ2v) is 4.52. The fourth-order valence-corrected chi connectivity index (χ4v) is 1.65. The van der Waals surface area contributed by atoms with Crippen LogP contribution in [-0.4, -0.2) is 34.6 Å². The van der Waals surface area contributed by atoms with Gasteiger partial charge in [0.2, 0.25) is 0 Å². The van der Waals surface area contributed by atoms with Crippen LogP contribution in [-0.2, 0) is 0 Å². The molecular weight excluding hydrogens is 250 g/mol. The van der Waals surface area contributed by atoms with E-state index < -0.39 is 16.6 Å². The number of carbonyl (C=O) groups is 1. The van der Waals surface area contributed by atoms with E-state index in [0.29, 0.717) is 18.3 Å². The number of pyridine rings is 1. The molecule has 7 heteroatoms. The quantitative estimate of drug-likeness (QED) is 0.626. The number of hydrogen-bond donors (Lipinski definition) is 1. The highest BCUT2D eigenvalue weighted by atomic mass is 16.6. The van der Waals surface area contributed by atoms with Gasteiger partial charge in [-0.25, -0.2) is 9.78 Å². The minimum absolute atomic E-state index is 0.342. The fraction of sp³-hybridized carbons (Fsp3) is 0.500. The fourth-order valence-electron chi connectivity index (χ4n) is 1.65. The molecule has 0 fully saturated rings. The van der Waals surface area contributed by atoms with Crippen LogP contribution in [0.5, 0.6) is 0 Å². The topological polar surface area (TPSA) is 96.6 Å². The van der Waals surface area contributed by atoms with Gasteiger partial charge in [-0.15, -0.1) is 0 Å². The number of hydrogen-bond acceptors (Lipinski definition) is 5.